The van der Waals surface area contributed by atoms with E-state index in [4.69, 9.17) is 10.5 Å². The van der Waals surface area contributed by atoms with Crippen LogP contribution in [0.4, 0.5) is 0 Å². The zero-order chi connectivity index (χ0) is 12.4. The highest BCUT2D eigenvalue weighted by atomic mass is 16.5. The molecular formula is C11H14N4O2. The molecular weight excluding hydrogens is 220 g/mol. The van der Waals surface area contributed by atoms with E-state index in [-0.39, 0.29) is 0 Å². The number of carbonyl (C=O) groups is 1. The number of pyridine rings is 1. The second-order valence-corrected chi connectivity index (χ2v) is 3.54. The molecule has 0 saturated heterocycles. The van der Waals surface area contributed by atoms with E-state index < -0.39 is 5.91 Å². The van der Waals surface area contributed by atoms with Gasteiger partial charge in [-0.3, -0.25) is 4.79 Å². The Labute approximate surface area is 98.4 Å². The number of nitrogens with two attached hydrogens (primary N) is 1. The Hall–Kier alpha value is -2.11. The van der Waals surface area contributed by atoms with Gasteiger partial charge in [-0.25, -0.2) is 4.40 Å². The number of fused-ring (bicyclic) bond motifs is 1. The topological polar surface area (TPSA) is 82.5 Å². The third kappa shape index (κ3) is 1.93. The van der Waals surface area contributed by atoms with Crippen molar-refractivity contribution in [1.29, 1.82) is 0 Å². The summed E-state index contributed by atoms with van der Waals surface area (Å²) in [7, 11) is 0. The van der Waals surface area contributed by atoms with Crippen molar-refractivity contribution < 1.29 is 9.53 Å². The first-order chi connectivity index (χ1) is 8.17. The van der Waals surface area contributed by atoms with E-state index in [1.165, 1.54) is 0 Å². The van der Waals surface area contributed by atoms with Gasteiger partial charge in [-0.1, -0.05) is 6.92 Å². The average molecular weight is 234 g/mol. The molecule has 2 N–H and O–H groups in total. The highest BCUT2D eigenvalue weighted by molar-refractivity contribution is 5.94. The minimum absolute atomic E-state index is 0.371. The van der Waals surface area contributed by atoms with Crippen LogP contribution in [0, 0.1) is 0 Å². The highest BCUT2D eigenvalue weighted by Crippen LogP contribution is 2.19. The SMILES string of the molecule is CCOc1cc(C(N)=O)cc2nnc(CC)n12. The molecule has 0 aliphatic rings. The molecule has 2 aromatic heterocycles. The van der Waals surface area contributed by atoms with Crippen LogP contribution < -0.4 is 10.5 Å². The van der Waals surface area contributed by atoms with Crippen LogP contribution in [0.15, 0.2) is 12.1 Å². The van der Waals surface area contributed by atoms with E-state index in [1.807, 2.05) is 13.8 Å². The molecule has 17 heavy (non-hydrogen) atoms. The molecule has 0 fully saturated rings. The minimum atomic E-state index is -0.505. The van der Waals surface area contributed by atoms with Crippen LogP contribution in [0.25, 0.3) is 5.65 Å². The first-order valence-corrected chi connectivity index (χ1v) is 5.48. The van der Waals surface area contributed by atoms with Gasteiger partial charge < -0.3 is 10.5 Å². The fraction of sp³-hybridized carbons (Fsp3) is 0.364. The van der Waals surface area contributed by atoms with Crippen LogP contribution in [0.2, 0.25) is 0 Å². The number of amides is 1. The Balaban J connectivity index is 2.69. The smallest absolute Gasteiger partial charge is 0.249 e. The molecule has 0 bridgehead atoms. The van der Waals surface area contributed by atoms with Gasteiger partial charge in [-0.15, -0.1) is 10.2 Å². The molecule has 0 aromatic carbocycles. The predicted molar refractivity (Wildman–Crippen MR) is 62.1 cm³/mol. The number of carbonyl (C=O) groups excluding carboxylic acids is 1. The maximum absolute atomic E-state index is 11.2. The molecule has 90 valence electrons. The molecule has 1 amide bonds. The summed E-state index contributed by atoms with van der Waals surface area (Å²) in [6, 6.07) is 3.22. The second kappa shape index (κ2) is 4.40. The van der Waals surface area contributed by atoms with E-state index >= 15 is 0 Å². The van der Waals surface area contributed by atoms with Crippen molar-refractivity contribution in [2.75, 3.05) is 6.61 Å². The van der Waals surface area contributed by atoms with Crippen molar-refractivity contribution in [2.45, 2.75) is 20.3 Å². The van der Waals surface area contributed by atoms with Crippen molar-refractivity contribution in [3.63, 3.8) is 0 Å². The Morgan fingerprint density at radius 1 is 1.41 bits per heavy atom. The lowest BCUT2D eigenvalue weighted by molar-refractivity contribution is 0.0999. The number of aryl methyl sites for hydroxylation is 1. The molecule has 2 aromatic rings. The Bertz CT molecular complexity index is 562. The summed E-state index contributed by atoms with van der Waals surface area (Å²) in [5.74, 6) is 0.828. The molecule has 0 aliphatic carbocycles. The van der Waals surface area contributed by atoms with Crippen LogP contribution in [-0.2, 0) is 6.42 Å². The molecule has 2 rings (SSSR count). The first kappa shape index (κ1) is 11.4. The predicted octanol–water partition coefficient (Wildman–Crippen LogP) is 0.789. The number of hydrogen-bond donors (Lipinski definition) is 1. The molecule has 2 heterocycles. The Morgan fingerprint density at radius 3 is 2.76 bits per heavy atom. The quantitative estimate of drug-likeness (QED) is 0.847. The van der Waals surface area contributed by atoms with E-state index in [2.05, 4.69) is 10.2 Å². The lowest BCUT2D eigenvalue weighted by Crippen LogP contribution is -2.12. The van der Waals surface area contributed by atoms with Gasteiger partial charge in [0.25, 0.3) is 0 Å². The van der Waals surface area contributed by atoms with Crippen LogP contribution in [0.5, 0.6) is 5.88 Å². The highest BCUT2D eigenvalue weighted by Gasteiger charge is 2.13. The van der Waals surface area contributed by atoms with Gasteiger partial charge in [0.1, 0.15) is 5.82 Å². The fourth-order valence-corrected chi connectivity index (χ4v) is 1.67. The normalized spacial score (nSPS) is 10.7. The number of rotatable bonds is 4. The van der Waals surface area contributed by atoms with E-state index in [0.29, 0.717) is 23.7 Å². The van der Waals surface area contributed by atoms with Crippen LogP contribution in [0.3, 0.4) is 0 Å². The summed E-state index contributed by atoms with van der Waals surface area (Å²) in [6.45, 7) is 4.35. The minimum Gasteiger partial charge on any atom is -0.479 e. The van der Waals surface area contributed by atoms with Gasteiger partial charge in [0.2, 0.25) is 11.8 Å². The number of hydrogen-bond acceptors (Lipinski definition) is 4. The molecule has 0 atom stereocenters. The van der Waals surface area contributed by atoms with E-state index in [1.54, 1.807) is 16.5 Å². The summed E-state index contributed by atoms with van der Waals surface area (Å²) in [5.41, 5.74) is 6.20. The Morgan fingerprint density at radius 2 is 2.18 bits per heavy atom. The molecule has 0 radical (unpaired) electrons. The molecule has 0 aliphatic heterocycles. The molecule has 0 spiro atoms. The summed E-state index contributed by atoms with van der Waals surface area (Å²) < 4.78 is 7.27. The summed E-state index contributed by atoms with van der Waals surface area (Å²) in [5, 5.41) is 8.04. The maximum Gasteiger partial charge on any atom is 0.249 e. The number of primary amides is 1. The molecule has 6 nitrogen and oxygen atoms in total. The zero-order valence-electron chi connectivity index (χ0n) is 9.80. The number of nitrogens with zero attached hydrogens (tertiary/aromatic N) is 3. The largest absolute Gasteiger partial charge is 0.479 e. The standard InChI is InChI=1S/C11H14N4O2/c1-3-8-13-14-9-5-7(11(12)16)6-10(15(8)9)17-4-2/h5-6H,3-4H2,1-2H3,(H2,12,16). The van der Waals surface area contributed by atoms with Crippen molar-refractivity contribution in [1.82, 2.24) is 14.6 Å². The second-order valence-electron chi connectivity index (χ2n) is 3.54. The van der Waals surface area contributed by atoms with Gasteiger partial charge in [0.15, 0.2) is 5.65 Å². The maximum atomic E-state index is 11.2. The van der Waals surface area contributed by atoms with E-state index in [9.17, 15) is 4.79 Å². The van der Waals surface area contributed by atoms with Crippen LogP contribution in [-0.4, -0.2) is 27.1 Å². The average Bonchev–Trinajstić information content (AvgIpc) is 2.72. The fourth-order valence-electron chi connectivity index (χ4n) is 1.67. The van der Waals surface area contributed by atoms with Crippen molar-refractivity contribution in [2.24, 2.45) is 5.73 Å². The van der Waals surface area contributed by atoms with Gasteiger partial charge in [0.05, 0.1) is 6.61 Å². The molecule has 0 saturated carbocycles. The van der Waals surface area contributed by atoms with Crippen LogP contribution >= 0.6 is 0 Å². The zero-order valence-corrected chi connectivity index (χ0v) is 9.80. The van der Waals surface area contributed by atoms with Crippen molar-refractivity contribution in [3.8, 4) is 5.88 Å². The lowest BCUT2D eigenvalue weighted by Gasteiger charge is -2.08. The molecule has 0 unspecified atom stereocenters. The third-order valence-corrected chi connectivity index (χ3v) is 2.43. The van der Waals surface area contributed by atoms with Gasteiger partial charge in [-0.05, 0) is 13.0 Å². The van der Waals surface area contributed by atoms with E-state index in [0.717, 1.165) is 12.2 Å². The van der Waals surface area contributed by atoms with Crippen LogP contribution in [0.1, 0.15) is 30.0 Å². The van der Waals surface area contributed by atoms with Gasteiger partial charge in [0, 0.05) is 18.1 Å². The van der Waals surface area contributed by atoms with Crippen molar-refractivity contribution in [3.05, 3.63) is 23.5 Å². The molecule has 6 heteroatoms. The monoisotopic (exact) mass is 234 g/mol. The van der Waals surface area contributed by atoms with Crippen molar-refractivity contribution >= 4 is 11.6 Å². The first-order valence-electron chi connectivity index (χ1n) is 5.48. The number of aromatic nitrogens is 3. The summed E-state index contributed by atoms with van der Waals surface area (Å²) >= 11 is 0. The third-order valence-electron chi connectivity index (χ3n) is 2.43. The summed E-state index contributed by atoms with van der Waals surface area (Å²) in [6.07, 6.45) is 0.733. The lowest BCUT2D eigenvalue weighted by atomic mass is 10.2. The number of ether oxygens (including phenoxy) is 1. The van der Waals surface area contributed by atoms with Gasteiger partial charge >= 0.3 is 0 Å². The van der Waals surface area contributed by atoms with Gasteiger partial charge in [-0.2, -0.15) is 0 Å². The Kier molecular flexibility index (Phi) is 2.95. The summed E-state index contributed by atoms with van der Waals surface area (Å²) in [4.78, 5) is 11.2.